The Morgan fingerprint density at radius 2 is 1.84 bits per heavy atom. The van der Waals surface area contributed by atoms with Crippen LogP contribution >= 0.6 is 12.4 Å². The highest BCUT2D eigenvalue weighted by Crippen LogP contribution is 2.31. The first-order chi connectivity index (χ1) is 11.2. The fourth-order valence-corrected chi connectivity index (χ4v) is 4.69. The summed E-state index contributed by atoms with van der Waals surface area (Å²) < 4.78 is 57.8. The summed E-state index contributed by atoms with van der Waals surface area (Å²) in [6, 6.07) is 4.16. The van der Waals surface area contributed by atoms with E-state index < -0.39 is 20.0 Å². The molecule has 25 heavy (non-hydrogen) atoms. The van der Waals surface area contributed by atoms with Crippen LogP contribution < -0.4 is 15.2 Å². The molecule has 8 nitrogen and oxygen atoms in total. The van der Waals surface area contributed by atoms with Gasteiger partial charge in [0.15, 0.2) is 0 Å². The van der Waals surface area contributed by atoms with Crippen molar-refractivity contribution >= 4 is 38.1 Å². The monoisotopic (exact) mass is 413 g/mol. The van der Waals surface area contributed by atoms with Crippen LogP contribution in [0.5, 0.6) is 5.75 Å². The van der Waals surface area contributed by atoms with Gasteiger partial charge in [-0.1, -0.05) is 0 Å². The van der Waals surface area contributed by atoms with Crippen molar-refractivity contribution in [3.63, 3.8) is 0 Å². The maximum atomic E-state index is 12.8. The van der Waals surface area contributed by atoms with Crippen LogP contribution in [0.2, 0.25) is 0 Å². The van der Waals surface area contributed by atoms with E-state index >= 15 is 0 Å². The standard InChI is InChI=1S/C14H23N3O5S2.ClH/c1-3-23(18,19)16-12-4-5-14(13(10-12)22-2)24(20,21)17-8-6-11(15)7-9-17;/h4-5,10-11,16H,3,6-9,15H2,1-2H3;1H. The average Bonchev–Trinajstić information content (AvgIpc) is 2.54. The molecular weight excluding hydrogens is 390 g/mol. The highest BCUT2D eigenvalue weighted by atomic mass is 35.5. The molecule has 0 atom stereocenters. The van der Waals surface area contributed by atoms with E-state index in [1.54, 1.807) is 0 Å². The van der Waals surface area contributed by atoms with E-state index in [1.165, 1.54) is 36.5 Å². The normalized spacial score (nSPS) is 16.9. The number of benzene rings is 1. The third kappa shape index (κ3) is 5.20. The van der Waals surface area contributed by atoms with Gasteiger partial charge in [-0.2, -0.15) is 4.31 Å². The lowest BCUT2D eigenvalue weighted by molar-refractivity contribution is 0.318. The van der Waals surface area contributed by atoms with Crippen molar-refractivity contribution in [3.8, 4) is 5.75 Å². The van der Waals surface area contributed by atoms with Crippen LogP contribution in [0.25, 0.3) is 0 Å². The molecule has 2 rings (SSSR count). The van der Waals surface area contributed by atoms with E-state index in [4.69, 9.17) is 10.5 Å². The topological polar surface area (TPSA) is 119 Å². The molecule has 1 aliphatic heterocycles. The zero-order valence-electron chi connectivity index (χ0n) is 14.1. The molecule has 0 spiro atoms. The van der Waals surface area contributed by atoms with Crippen molar-refractivity contribution in [1.82, 2.24) is 4.31 Å². The van der Waals surface area contributed by atoms with Gasteiger partial charge >= 0.3 is 0 Å². The van der Waals surface area contributed by atoms with Crippen LogP contribution in [0.4, 0.5) is 5.69 Å². The molecule has 1 aromatic carbocycles. The highest BCUT2D eigenvalue weighted by molar-refractivity contribution is 7.92. The van der Waals surface area contributed by atoms with Crippen molar-refractivity contribution in [3.05, 3.63) is 18.2 Å². The Kier molecular flexibility index (Phi) is 7.51. The van der Waals surface area contributed by atoms with Crippen LogP contribution in [0.1, 0.15) is 19.8 Å². The minimum atomic E-state index is -3.72. The Morgan fingerprint density at radius 1 is 1.24 bits per heavy atom. The lowest BCUT2D eigenvalue weighted by Crippen LogP contribution is -2.42. The van der Waals surface area contributed by atoms with Gasteiger partial charge in [-0.25, -0.2) is 16.8 Å². The first-order valence-electron chi connectivity index (χ1n) is 7.64. The van der Waals surface area contributed by atoms with Crippen molar-refractivity contribution in [2.24, 2.45) is 5.73 Å². The summed E-state index contributed by atoms with van der Waals surface area (Å²) in [5.41, 5.74) is 6.07. The molecule has 144 valence electrons. The van der Waals surface area contributed by atoms with E-state index in [-0.39, 0.29) is 40.5 Å². The summed E-state index contributed by atoms with van der Waals surface area (Å²) in [5, 5.41) is 0. The van der Waals surface area contributed by atoms with Gasteiger partial charge in [-0.05, 0) is 31.9 Å². The smallest absolute Gasteiger partial charge is 0.246 e. The van der Waals surface area contributed by atoms with Crippen molar-refractivity contribution < 1.29 is 21.6 Å². The number of sulfonamides is 2. The number of anilines is 1. The summed E-state index contributed by atoms with van der Waals surface area (Å²) in [5.74, 6) is 0.0183. The number of nitrogens with one attached hydrogen (secondary N) is 1. The lowest BCUT2D eigenvalue weighted by Gasteiger charge is -2.29. The number of rotatable bonds is 6. The molecule has 0 saturated carbocycles. The molecule has 0 radical (unpaired) electrons. The van der Waals surface area contributed by atoms with Crippen LogP contribution in [0.15, 0.2) is 23.1 Å². The largest absolute Gasteiger partial charge is 0.495 e. The van der Waals surface area contributed by atoms with Gasteiger partial charge in [-0.15, -0.1) is 12.4 Å². The second kappa shape index (κ2) is 8.54. The number of hydrogen-bond donors (Lipinski definition) is 2. The SMILES string of the molecule is CCS(=O)(=O)Nc1ccc(S(=O)(=O)N2CCC(N)CC2)c(OC)c1.Cl. The van der Waals surface area contributed by atoms with Gasteiger partial charge in [0.2, 0.25) is 20.0 Å². The Morgan fingerprint density at radius 3 is 2.36 bits per heavy atom. The molecule has 0 amide bonds. The summed E-state index contributed by atoms with van der Waals surface area (Å²) in [6.45, 7) is 2.23. The Balaban J connectivity index is 0.00000312. The Bertz CT molecular complexity index is 791. The first-order valence-corrected chi connectivity index (χ1v) is 10.7. The van der Waals surface area contributed by atoms with Crippen molar-refractivity contribution in [2.75, 3.05) is 30.7 Å². The number of hydrogen-bond acceptors (Lipinski definition) is 6. The van der Waals surface area contributed by atoms with E-state index in [0.29, 0.717) is 25.9 Å². The van der Waals surface area contributed by atoms with Gasteiger partial charge in [0, 0.05) is 25.2 Å². The number of halogens is 1. The lowest BCUT2D eigenvalue weighted by atomic mass is 10.1. The number of nitrogens with two attached hydrogens (primary N) is 1. The maximum absolute atomic E-state index is 12.8. The highest BCUT2D eigenvalue weighted by Gasteiger charge is 2.30. The van der Waals surface area contributed by atoms with E-state index in [9.17, 15) is 16.8 Å². The molecular formula is C14H24ClN3O5S2. The Hall–Kier alpha value is -1.07. The molecule has 0 unspecified atom stereocenters. The quantitative estimate of drug-likeness (QED) is 0.717. The second-order valence-electron chi connectivity index (χ2n) is 5.61. The van der Waals surface area contributed by atoms with E-state index in [1.807, 2.05) is 0 Å². The van der Waals surface area contributed by atoms with Gasteiger partial charge in [-0.3, -0.25) is 4.72 Å². The molecule has 1 aliphatic rings. The molecule has 1 aromatic rings. The van der Waals surface area contributed by atoms with Gasteiger partial charge in [0.05, 0.1) is 18.6 Å². The van der Waals surface area contributed by atoms with E-state index in [2.05, 4.69) is 4.72 Å². The predicted octanol–water partition coefficient (Wildman–Crippen LogP) is 0.990. The number of methoxy groups -OCH3 is 1. The third-order valence-electron chi connectivity index (χ3n) is 3.93. The van der Waals surface area contributed by atoms with Crippen LogP contribution in [-0.2, 0) is 20.0 Å². The fourth-order valence-electron chi connectivity index (χ4n) is 2.45. The molecule has 1 saturated heterocycles. The summed E-state index contributed by atoms with van der Waals surface area (Å²) in [7, 11) is -5.82. The molecule has 0 aliphatic carbocycles. The molecule has 0 aromatic heterocycles. The first kappa shape index (κ1) is 22.0. The predicted molar refractivity (Wildman–Crippen MR) is 99.3 cm³/mol. The molecule has 3 N–H and O–H groups in total. The average molecular weight is 414 g/mol. The minimum absolute atomic E-state index is 0. The Labute approximate surface area is 155 Å². The zero-order chi connectivity index (χ0) is 18.0. The maximum Gasteiger partial charge on any atom is 0.246 e. The second-order valence-corrected chi connectivity index (χ2v) is 9.53. The van der Waals surface area contributed by atoms with Gasteiger partial charge < -0.3 is 10.5 Å². The summed E-state index contributed by atoms with van der Waals surface area (Å²) >= 11 is 0. The zero-order valence-corrected chi connectivity index (χ0v) is 16.6. The van der Waals surface area contributed by atoms with Crippen LogP contribution in [-0.4, -0.2) is 53.1 Å². The van der Waals surface area contributed by atoms with Crippen LogP contribution in [0.3, 0.4) is 0 Å². The fraction of sp³-hybridized carbons (Fsp3) is 0.571. The molecule has 0 bridgehead atoms. The summed E-state index contributed by atoms with van der Waals surface area (Å²) in [6.07, 6.45) is 1.21. The van der Waals surface area contributed by atoms with Crippen LogP contribution in [0, 0.1) is 0 Å². The molecule has 11 heteroatoms. The summed E-state index contributed by atoms with van der Waals surface area (Å²) in [4.78, 5) is 0.0138. The molecule has 1 heterocycles. The number of ether oxygens (including phenoxy) is 1. The van der Waals surface area contributed by atoms with Gasteiger partial charge in [0.1, 0.15) is 10.6 Å². The number of nitrogens with zero attached hydrogens (tertiary/aromatic N) is 1. The van der Waals surface area contributed by atoms with Gasteiger partial charge in [0.25, 0.3) is 0 Å². The van der Waals surface area contributed by atoms with E-state index in [0.717, 1.165) is 0 Å². The van der Waals surface area contributed by atoms with Crippen molar-refractivity contribution in [2.45, 2.75) is 30.7 Å². The van der Waals surface area contributed by atoms with Crippen molar-refractivity contribution in [1.29, 1.82) is 0 Å². The third-order valence-corrected chi connectivity index (χ3v) is 7.18. The number of piperidine rings is 1. The minimum Gasteiger partial charge on any atom is -0.495 e. The molecule has 1 fully saturated rings.